The number of morpholine rings is 1. The van der Waals surface area contributed by atoms with Crippen molar-refractivity contribution >= 4 is 11.9 Å². The van der Waals surface area contributed by atoms with Crippen LogP contribution in [-0.2, 0) is 9.53 Å². The number of urea groups is 1. The van der Waals surface area contributed by atoms with Crippen molar-refractivity contribution in [3.8, 4) is 0 Å². The smallest absolute Gasteiger partial charge is 0.378 e. The number of rotatable bonds is 2. The van der Waals surface area contributed by atoms with Crippen LogP contribution in [0.2, 0.25) is 0 Å². The number of amides is 3. The summed E-state index contributed by atoms with van der Waals surface area (Å²) in [5, 5.41) is 12.5. The molecule has 106 valence electrons. The minimum Gasteiger partial charge on any atom is -0.378 e. The lowest BCUT2D eigenvalue weighted by Gasteiger charge is -2.37. The molecule has 3 amide bonds. The highest BCUT2D eigenvalue weighted by atomic mass is 16.6. The summed E-state index contributed by atoms with van der Waals surface area (Å²) >= 11 is 0. The number of ether oxygens (including phenoxy) is 1. The van der Waals surface area contributed by atoms with Gasteiger partial charge in [-0.15, -0.1) is 5.01 Å². The molecule has 0 aromatic carbocycles. The molecular formula is C11H19N4O4+. The Balaban J connectivity index is 1.87. The third kappa shape index (κ3) is 1.75. The molecule has 0 spiro atoms. The van der Waals surface area contributed by atoms with Gasteiger partial charge in [-0.25, -0.2) is 4.79 Å². The first-order valence-corrected chi connectivity index (χ1v) is 6.60. The number of carbonyl (C=O) groups excluding carboxylic acids is 2. The molecule has 0 aliphatic carbocycles. The fourth-order valence-corrected chi connectivity index (χ4v) is 3.31. The van der Waals surface area contributed by atoms with Crippen LogP contribution in [0.3, 0.4) is 0 Å². The molecule has 3 N–H and O–H groups in total. The molecular weight excluding hydrogens is 252 g/mol. The second kappa shape index (κ2) is 4.41. The lowest BCUT2D eigenvalue weighted by molar-refractivity contribution is -1.14. The average molecular weight is 271 g/mol. The van der Waals surface area contributed by atoms with E-state index in [4.69, 9.17) is 10.5 Å². The Hall–Kier alpha value is -1.22. The third-order valence-electron chi connectivity index (χ3n) is 4.34. The van der Waals surface area contributed by atoms with Crippen LogP contribution in [0.4, 0.5) is 4.79 Å². The summed E-state index contributed by atoms with van der Waals surface area (Å²) in [5.41, 5.74) is 5.33. The van der Waals surface area contributed by atoms with Crippen molar-refractivity contribution in [2.45, 2.75) is 24.9 Å². The number of hydrogen-bond donors (Lipinski definition) is 2. The predicted molar refractivity (Wildman–Crippen MR) is 62.5 cm³/mol. The molecule has 3 aliphatic heterocycles. The molecule has 1 unspecified atom stereocenters. The number of piperidine rings is 1. The monoisotopic (exact) mass is 271 g/mol. The molecule has 0 radical (unpaired) electrons. The van der Waals surface area contributed by atoms with E-state index in [1.807, 2.05) is 0 Å². The molecule has 8 heteroatoms. The summed E-state index contributed by atoms with van der Waals surface area (Å²) in [7, 11) is 0. The van der Waals surface area contributed by atoms with E-state index in [-0.39, 0.29) is 6.04 Å². The number of hydrogen-bond acceptors (Lipinski definition) is 5. The number of primary amides is 1. The Morgan fingerprint density at radius 3 is 2.68 bits per heavy atom. The summed E-state index contributed by atoms with van der Waals surface area (Å²) in [6.07, 6.45) is 1.14. The van der Waals surface area contributed by atoms with Gasteiger partial charge in [0.15, 0.2) is 6.04 Å². The van der Waals surface area contributed by atoms with Crippen LogP contribution in [0.15, 0.2) is 0 Å². The highest BCUT2D eigenvalue weighted by Crippen LogP contribution is 2.36. The van der Waals surface area contributed by atoms with Crippen molar-refractivity contribution < 1.29 is 24.3 Å². The SMILES string of the molecule is NC(=O)[C@@H]1CC[C@@H]2CN1C(=O)[N+]2(O)N1CCOCC1. The second-order valence-electron chi connectivity index (χ2n) is 5.30. The molecule has 3 heterocycles. The first-order valence-electron chi connectivity index (χ1n) is 6.60. The van der Waals surface area contributed by atoms with Crippen LogP contribution in [0.5, 0.6) is 0 Å². The highest BCUT2D eigenvalue weighted by molar-refractivity contribution is 5.85. The Morgan fingerprint density at radius 1 is 1.37 bits per heavy atom. The van der Waals surface area contributed by atoms with E-state index in [2.05, 4.69) is 0 Å². The predicted octanol–water partition coefficient (Wildman–Crippen LogP) is -1.11. The molecule has 3 atom stereocenters. The Bertz CT molecular complexity index is 411. The topological polar surface area (TPSA) is 96.1 Å². The normalized spacial score (nSPS) is 39.6. The van der Waals surface area contributed by atoms with Gasteiger partial charge in [0.25, 0.3) is 0 Å². The van der Waals surface area contributed by atoms with Crippen molar-refractivity contribution in [1.82, 2.24) is 9.91 Å². The summed E-state index contributed by atoms with van der Waals surface area (Å²) in [6.45, 7) is 2.40. The van der Waals surface area contributed by atoms with Crippen LogP contribution in [0.25, 0.3) is 0 Å². The number of fused-ring (bicyclic) bond motifs is 2. The van der Waals surface area contributed by atoms with Gasteiger partial charge in [-0.05, 0) is 11.2 Å². The van der Waals surface area contributed by atoms with Crippen molar-refractivity contribution in [3.63, 3.8) is 0 Å². The van der Waals surface area contributed by atoms with Gasteiger partial charge >= 0.3 is 6.03 Å². The molecule has 19 heavy (non-hydrogen) atoms. The average Bonchev–Trinajstić information content (AvgIpc) is 2.63. The van der Waals surface area contributed by atoms with Gasteiger partial charge < -0.3 is 10.5 Å². The zero-order valence-electron chi connectivity index (χ0n) is 10.7. The first kappa shape index (κ1) is 12.8. The fraction of sp³-hybridized carbons (Fsp3) is 0.818. The first-order chi connectivity index (χ1) is 9.05. The maximum atomic E-state index is 12.5. The summed E-state index contributed by atoms with van der Waals surface area (Å²) in [4.78, 5) is 25.3. The Kier molecular flexibility index (Phi) is 2.97. The zero-order valence-corrected chi connectivity index (χ0v) is 10.7. The number of hydroxylamine groups is 2. The van der Waals surface area contributed by atoms with Crippen LogP contribution in [-0.4, -0.2) is 76.7 Å². The number of nitrogens with two attached hydrogens (primary N) is 1. The fourth-order valence-electron chi connectivity index (χ4n) is 3.31. The van der Waals surface area contributed by atoms with Gasteiger partial charge in [0.1, 0.15) is 6.04 Å². The third-order valence-corrected chi connectivity index (χ3v) is 4.34. The molecule has 2 bridgehead atoms. The van der Waals surface area contributed by atoms with Crippen molar-refractivity contribution in [1.29, 1.82) is 0 Å². The van der Waals surface area contributed by atoms with E-state index in [9.17, 15) is 14.8 Å². The molecule has 3 rings (SSSR count). The highest BCUT2D eigenvalue weighted by Gasteiger charge is 2.63. The lowest BCUT2D eigenvalue weighted by Crippen LogP contribution is -2.65. The van der Waals surface area contributed by atoms with Gasteiger partial charge in [-0.1, -0.05) is 0 Å². The zero-order chi connectivity index (χ0) is 13.6. The minimum atomic E-state index is -0.715. The van der Waals surface area contributed by atoms with Gasteiger partial charge in [0.2, 0.25) is 5.91 Å². The number of nitrogens with zero attached hydrogens (tertiary/aromatic N) is 3. The standard InChI is InChI=1S/C11H18N4O4/c12-10(16)9-2-1-8-7-14(9)11(17)15(8,18)13-3-5-19-6-4-13/h8-9,18H,1-7H2,(H-,12,16)/p+1/t8-,9+,15?/m1/s1. The molecule has 3 aliphatic rings. The quantitative estimate of drug-likeness (QED) is 0.490. The van der Waals surface area contributed by atoms with E-state index < -0.39 is 22.7 Å². The minimum absolute atomic E-state index is 0.207. The molecule has 0 aromatic heterocycles. The van der Waals surface area contributed by atoms with Gasteiger partial charge in [-0.3, -0.25) is 9.69 Å². The number of carbonyl (C=O) groups is 2. The maximum absolute atomic E-state index is 12.5. The van der Waals surface area contributed by atoms with Crippen LogP contribution in [0.1, 0.15) is 12.8 Å². The summed E-state index contributed by atoms with van der Waals surface area (Å²) in [5.74, 6) is -0.498. The van der Waals surface area contributed by atoms with Crippen molar-refractivity contribution in [2.24, 2.45) is 5.73 Å². The molecule has 0 aromatic rings. The second-order valence-corrected chi connectivity index (χ2v) is 5.30. The van der Waals surface area contributed by atoms with Crippen molar-refractivity contribution in [3.05, 3.63) is 0 Å². The molecule has 3 saturated heterocycles. The van der Waals surface area contributed by atoms with E-state index in [0.717, 1.165) is 0 Å². The van der Waals surface area contributed by atoms with Crippen LogP contribution in [0, 0.1) is 0 Å². The van der Waals surface area contributed by atoms with Crippen LogP contribution >= 0.6 is 0 Å². The molecule has 3 fully saturated rings. The molecule has 8 nitrogen and oxygen atoms in total. The maximum Gasteiger partial charge on any atom is 0.473 e. The van der Waals surface area contributed by atoms with Crippen LogP contribution < -0.4 is 5.73 Å². The largest absolute Gasteiger partial charge is 0.473 e. The van der Waals surface area contributed by atoms with Crippen molar-refractivity contribution in [2.75, 3.05) is 32.8 Å². The van der Waals surface area contributed by atoms with E-state index >= 15 is 0 Å². The van der Waals surface area contributed by atoms with E-state index in [1.165, 1.54) is 4.90 Å². The van der Waals surface area contributed by atoms with E-state index in [1.54, 1.807) is 5.01 Å². The Morgan fingerprint density at radius 2 is 2.05 bits per heavy atom. The summed E-state index contributed by atoms with van der Waals surface area (Å²) in [6, 6.07) is -1.23. The van der Waals surface area contributed by atoms with Gasteiger partial charge in [-0.2, -0.15) is 5.21 Å². The number of quaternary nitrogens is 1. The van der Waals surface area contributed by atoms with Gasteiger partial charge in [0, 0.05) is 6.42 Å². The molecule has 0 saturated carbocycles. The van der Waals surface area contributed by atoms with E-state index in [0.29, 0.717) is 45.7 Å². The Labute approximate surface area is 110 Å². The lowest BCUT2D eigenvalue weighted by atomic mass is 10.0. The summed E-state index contributed by atoms with van der Waals surface area (Å²) < 4.78 is 4.53. The van der Waals surface area contributed by atoms with Gasteiger partial charge in [0.05, 0.1) is 32.8 Å².